The highest BCUT2D eigenvalue weighted by molar-refractivity contribution is 6.31. The molecule has 0 aliphatic rings. The van der Waals surface area contributed by atoms with Crippen molar-refractivity contribution in [2.75, 3.05) is 6.54 Å². The Labute approximate surface area is 185 Å². The minimum absolute atomic E-state index is 0.0221. The molecule has 1 heterocycles. The minimum atomic E-state index is -0.0221. The van der Waals surface area contributed by atoms with Gasteiger partial charge in [-0.15, -0.1) is 0 Å². The van der Waals surface area contributed by atoms with E-state index in [1.54, 1.807) is 12.1 Å². The van der Waals surface area contributed by atoms with Gasteiger partial charge in [0.05, 0.1) is 24.0 Å². The lowest BCUT2D eigenvalue weighted by Gasteiger charge is -2.11. The highest BCUT2D eigenvalue weighted by atomic mass is 35.5. The average Bonchev–Trinajstić information content (AvgIpc) is 3.09. The maximum absolute atomic E-state index is 12.3. The smallest absolute Gasteiger partial charge is 0.224 e. The van der Waals surface area contributed by atoms with Crippen molar-refractivity contribution in [3.63, 3.8) is 0 Å². The van der Waals surface area contributed by atoms with Crippen molar-refractivity contribution in [1.29, 1.82) is 0 Å². The van der Waals surface area contributed by atoms with Crippen LogP contribution in [0.1, 0.15) is 17.0 Å². The molecule has 30 heavy (non-hydrogen) atoms. The van der Waals surface area contributed by atoms with Crippen LogP contribution in [0.25, 0.3) is 11.0 Å². The van der Waals surface area contributed by atoms with Crippen molar-refractivity contribution in [2.24, 2.45) is 0 Å². The zero-order valence-corrected chi connectivity index (χ0v) is 17.8. The fourth-order valence-electron chi connectivity index (χ4n) is 3.45. The average molecular weight is 438 g/mol. The fraction of sp³-hybridized carbons (Fsp3) is 0.167. The maximum atomic E-state index is 12.3. The zero-order valence-electron chi connectivity index (χ0n) is 16.3. The number of fused-ring (bicyclic) bond motifs is 1. The number of carbonyl (C=O) groups is 1. The maximum Gasteiger partial charge on any atom is 0.224 e. The van der Waals surface area contributed by atoms with E-state index in [2.05, 4.69) is 16.0 Å². The second-order valence-electron chi connectivity index (χ2n) is 7.10. The largest absolute Gasteiger partial charge is 0.355 e. The van der Waals surface area contributed by atoms with Crippen LogP contribution in [0.3, 0.4) is 0 Å². The van der Waals surface area contributed by atoms with Crippen LogP contribution in [0.15, 0.2) is 72.8 Å². The Balaban J connectivity index is 1.46. The highest BCUT2D eigenvalue weighted by Crippen LogP contribution is 2.22. The number of halogens is 2. The Bertz CT molecular complexity index is 1170. The lowest BCUT2D eigenvalue weighted by Crippen LogP contribution is -2.28. The van der Waals surface area contributed by atoms with Crippen LogP contribution in [0.4, 0.5) is 0 Å². The molecule has 6 heteroatoms. The summed E-state index contributed by atoms with van der Waals surface area (Å²) >= 11 is 12.3. The molecule has 0 saturated carbocycles. The van der Waals surface area contributed by atoms with Crippen LogP contribution >= 0.6 is 23.2 Å². The number of aromatic nitrogens is 2. The van der Waals surface area contributed by atoms with Gasteiger partial charge in [-0.05, 0) is 41.5 Å². The molecule has 1 N–H and O–H groups in total. The van der Waals surface area contributed by atoms with Crippen LogP contribution < -0.4 is 5.32 Å². The highest BCUT2D eigenvalue weighted by Gasteiger charge is 2.12. The molecule has 1 aromatic heterocycles. The summed E-state index contributed by atoms with van der Waals surface area (Å²) in [7, 11) is 0. The number of carbonyl (C=O) groups excluding carboxylic acids is 1. The first kappa shape index (κ1) is 20.5. The molecule has 0 spiro atoms. The first-order chi connectivity index (χ1) is 14.6. The van der Waals surface area contributed by atoms with Gasteiger partial charge < -0.3 is 9.88 Å². The Morgan fingerprint density at radius 1 is 0.933 bits per heavy atom. The van der Waals surface area contributed by atoms with E-state index in [-0.39, 0.29) is 5.91 Å². The van der Waals surface area contributed by atoms with Gasteiger partial charge in [0.25, 0.3) is 0 Å². The number of benzene rings is 3. The summed E-state index contributed by atoms with van der Waals surface area (Å²) in [4.78, 5) is 17.1. The van der Waals surface area contributed by atoms with E-state index in [4.69, 9.17) is 28.2 Å². The van der Waals surface area contributed by atoms with Gasteiger partial charge in [-0.25, -0.2) is 4.98 Å². The molecule has 0 radical (unpaired) electrons. The predicted molar refractivity (Wildman–Crippen MR) is 122 cm³/mol. The molecule has 152 valence electrons. The minimum Gasteiger partial charge on any atom is -0.355 e. The van der Waals surface area contributed by atoms with Crippen LogP contribution in [0, 0.1) is 0 Å². The number of rotatable bonds is 7. The molecule has 0 bridgehead atoms. The van der Waals surface area contributed by atoms with E-state index in [1.165, 1.54) is 0 Å². The van der Waals surface area contributed by atoms with Crippen molar-refractivity contribution < 1.29 is 4.79 Å². The molecule has 4 rings (SSSR count). The second-order valence-corrected chi connectivity index (χ2v) is 7.94. The first-order valence-corrected chi connectivity index (χ1v) is 10.5. The van der Waals surface area contributed by atoms with E-state index in [0.717, 1.165) is 33.0 Å². The van der Waals surface area contributed by atoms with Crippen LogP contribution in [0.5, 0.6) is 0 Å². The van der Waals surface area contributed by atoms with Crippen LogP contribution in [-0.4, -0.2) is 22.0 Å². The summed E-state index contributed by atoms with van der Waals surface area (Å²) in [5, 5.41) is 4.39. The van der Waals surface area contributed by atoms with Crippen LogP contribution in [-0.2, 0) is 24.2 Å². The summed E-state index contributed by atoms with van der Waals surface area (Å²) in [5.74, 6) is 0.897. The van der Waals surface area contributed by atoms with Gasteiger partial charge in [0.2, 0.25) is 5.91 Å². The third kappa shape index (κ3) is 4.84. The van der Waals surface area contributed by atoms with E-state index < -0.39 is 0 Å². The van der Waals surface area contributed by atoms with Crippen molar-refractivity contribution in [2.45, 2.75) is 19.4 Å². The first-order valence-electron chi connectivity index (χ1n) is 9.79. The molecule has 0 aliphatic carbocycles. The summed E-state index contributed by atoms with van der Waals surface area (Å²) in [6.45, 7) is 1.15. The monoisotopic (exact) mass is 437 g/mol. The van der Waals surface area contributed by atoms with Gasteiger partial charge in [0.15, 0.2) is 0 Å². The molecule has 0 saturated heterocycles. The lowest BCUT2D eigenvalue weighted by atomic mass is 10.1. The van der Waals surface area contributed by atoms with Gasteiger partial charge in [-0.3, -0.25) is 4.79 Å². The van der Waals surface area contributed by atoms with Gasteiger partial charge in [0, 0.05) is 23.0 Å². The number of hydrogen-bond donors (Lipinski definition) is 1. The van der Waals surface area contributed by atoms with E-state index in [0.29, 0.717) is 31.0 Å². The van der Waals surface area contributed by atoms with E-state index in [1.807, 2.05) is 54.6 Å². The van der Waals surface area contributed by atoms with Crippen molar-refractivity contribution in [3.8, 4) is 0 Å². The topological polar surface area (TPSA) is 46.9 Å². The molecular weight excluding hydrogens is 417 g/mol. The number of nitrogens with one attached hydrogen (secondary N) is 1. The predicted octanol–water partition coefficient (Wildman–Crippen LogP) is 5.29. The Morgan fingerprint density at radius 3 is 2.47 bits per heavy atom. The summed E-state index contributed by atoms with van der Waals surface area (Å²) in [5.41, 5.74) is 3.96. The van der Waals surface area contributed by atoms with Crippen LogP contribution in [0.2, 0.25) is 10.0 Å². The summed E-state index contributed by atoms with van der Waals surface area (Å²) < 4.78 is 2.17. The van der Waals surface area contributed by atoms with Gasteiger partial charge in [-0.2, -0.15) is 0 Å². The Hall–Kier alpha value is -2.82. The molecule has 0 atom stereocenters. The Morgan fingerprint density at radius 2 is 1.67 bits per heavy atom. The third-order valence-corrected chi connectivity index (χ3v) is 5.59. The Kier molecular flexibility index (Phi) is 6.36. The molecule has 4 nitrogen and oxygen atoms in total. The fourth-order valence-corrected chi connectivity index (χ4v) is 3.78. The second kappa shape index (κ2) is 9.33. The molecule has 1 amide bonds. The molecule has 3 aromatic carbocycles. The summed E-state index contributed by atoms with van der Waals surface area (Å²) in [6.07, 6.45) is 0.957. The number of hydrogen-bond acceptors (Lipinski definition) is 2. The summed E-state index contributed by atoms with van der Waals surface area (Å²) in [6, 6.07) is 23.2. The molecular formula is C24H21Cl2N3O. The molecule has 4 aromatic rings. The van der Waals surface area contributed by atoms with Crippen molar-refractivity contribution in [3.05, 3.63) is 99.8 Å². The molecule has 0 unspecified atom stereocenters. The molecule has 0 fully saturated rings. The standard InChI is InChI=1S/C24H21Cl2N3O/c25-19-11-9-17(10-12-19)15-24(30)27-14-13-23-28-21-7-3-4-8-22(21)29(23)16-18-5-1-2-6-20(18)26/h1-12H,13-16H2,(H,27,30). The number of amides is 1. The van der Waals surface area contributed by atoms with Gasteiger partial charge >= 0.3 is 0 Å². The molecule has 0 aliphatic heterocycles. The zero-order chi connectivity index (χ0) is 20.9. The lowest BCUT2D eigenvalue weighted by molar-refractivity contribution is -0.120. The van der Waals surface area contributed by atoms with Crippen molar-refractivity contribution >= 4 is 40.1 Å². The number of para-hydroxylation sites is 2. The SMILES string of the molecule is O=C(Cc1ccc(Cl)cc1)NCCc1nc2ccccc2n1Cc1ccccc1Cl. The van der Waals surface area contributed by atoms with Gasteiger partial charge in [0.1, 0.15) is 5.82 Å². The van der Waals surface area contributed by atoms with Gasteiger partial charge in [-0.1, -0.05) is 65.7 Å². The van der Waals surface area contributed by atoms with E-state index in [9.17, 15) is 4.79 Å². The number of nitrogens with zero attached hydrogens (tertiary/aromatic N) is 2. The van der Waals surface area contributed by atoms with Crippen molar-refractivity contribution in [1.82, 2.24) is 14.9 Å². The quantitative estimate of drug-likeness (QED) is 0.426. The third-order valence-electron chi connectivity index (χ3n) is 4.97. The normalized spacial score (nSPS) is 11.0. The van der Waals surface area contributed by atoms with E-state index >= 15 is 0 Å². The number of imidazole rings is 1.